The van der Waals surface area contributed by atoms with Gasteiger partial charge in [0.15, 0.2) is 0 Å². The van der Waals surface area contributed by atoms with Gasteiger partial charge in [-0.1, -0.05) is 12.5 Å². The molecule has 4 nitrogen and oxygen atoms in total. The van der Waals surface area contributed by atoms with Gasteiger partial charge in [0.25, 0.3) is 0 Å². The third kappa shape index (κ3) is 4.38. The lowest BCUT2D eigenvalue weighted by atomic mass is 10.1. The maximum atomic E-state index is 12.5. The van der Waals surface area contributed by atoms with E-state index < -0.39 is 0 Å². The van der Waals surface area contributed by atoms with E-state index in [2.05, 4.69) is 5.32 Å². The minimum absolute atomic E-state index is 0.227. The molecule has 2 aromatic heterocycles. The Balaban J connectivity index is 1.84. The van der Waals surface area contributed by atoms with Crippen molar-refractivity contribution in [3.63, 3.8) is 0 Å². The number of nitrogens with one attached hydrogen (secondary N) is 1. The molecule has 3 rings (SSSR count). The van der Waals surface area contributed by atoms with E-state index in [4.69, 9.17) is 4.74 Å². The van der Waals surface area contributed by atoms with Crippen LogP contribution in [-0.2, 0) is 22.4 Å². The summed E-state index contributed by atoms with van der Waals surface area (Å²) in [5, 5.41) is 5.47. The molecule has 2 heterocycles. The molecule has 6 heteroatoms. The topological polar surface area (TPSA) is 55.4 Å². The number of rotatable bonds is 5. The molecule has 132 valence electrons. The van der Waals surface area contributed by atoms with Crippen LogP contribution >= 0.6 is 22.7 Å². The average Bonchev–Trinajstić information content (AvgIpc) is 3.16. The summed E-state index contributed by atoms with van der Waals surface area (Å²) < 4.78 is 5.23. The van der Waals surface area contributed by atoms with Crippen molar-refractivity contribution in [1.29, 1.82) is 0 Å². The average molecular weight is 376 g/mol. The maximum absolute atomic E-state index is 12.5. The highest BCUT2D eigenvalue weighted by Crippen LogP contribution is 2.38. The predicted octanol–water partition coefficient (Wildman–Crippen LogP) is 4.91. The number of ether oxygens (including phenoxy) is 1. The van der Waals surface area contributed by atoms with Crippen molar-refractivity contribution in [1.82, 2.24) is 0 Å². The van der Waals surface area contributed by atoms with E-state index in [9.17, 15) is 9.59 Å². The van der Waals surface area contributed by atoms with Crippen molar-refractivity contribution in [2.24, 2.45) is 0 Å². The molecule has 0 fully saturated rings. The maximum Gasteiger partial charge on any atom is 0.341 e. The summed E-state index contributed by atoms with van der Waals surface area (Å²) in [7, 11) is 0. The first kappa shape index (κ1) is 17.9. The summed E-state index contributed by atoms with van der Waals surface area (Å²) in [4.78, 5) is 27.0. The highest BCUT2D eigenvalue weighted by atomic mass is 32.1. The molecule has 0 aromatic carbocycles. The molecule has 1 aliphatic carbocycles. The van der Waals surface area contributed by atoms with Crippen molar-refractivity contribution in [2.45, 2.75) is 39.0 Å². The number of carbonyl (C=O) groups excluding carboxylic acids is 2. The first-order chi connectivity index (χ1) is 12.2. The number of hydrogen-bond acceptors (Lipinski definition) is 5. The zero-order valence-corrected chi connectivity index (χ0v) is 15.8. The van der Waals surface area contributed by atoms with Crippen LogP contribution in [0.4, 0.5) is 5.00 Å². The van der Waals surface area contributed by atoms with E-state index in [0.29, 0.717) is 17.2 Å². The van der Waals surface area contributed by atoms with Crippen LogP contribution in [0, 0.1) is 0 Å². The zero-order chi connectivity index (χ0) is 17.6. The molecule has 1 N–H and O–H groups in total. The van der Waals surface area contributed by atoms with Crippen LogP contribution in [0.5, 0.6) is 0 Å². The molecular formula is C19H21NO3S2. The van der Waals surface area contributed by atoms with Gasteiger partial charge in [-0.2, -0.15) is 0 Å². The third-order valence-electron chi connectivity index (χ3n) is 4.08. The van der Waals surface area contributed by atoms with Crippen LogP contribution in [0.2, 0.25) is 0 Å². The van der Waals surface area contributed by atoms with Crippen molar-refractivity contribution in [3.05, 3.63) is 44.5 Å². The van der Waals surface area contributed by atoms with Gasteiger partial charge in [0.2, 0.25) is 5.91 Å². The Kier molecular flexibility index (Phi) is 6.04. The SMILES string of the molecule is CCOC(=O)c1c(NC(=O)/C=C\c2cccs2)sc2c1CCCCC2. The molecule has 0 spiro atoms. The van der Waals surface area contributed by atoms with Gasteiger partial charge in [0.1, 0.15) is 5.00 Å². The highest BCUT2D eigenvalue weighted by Gasteiger charge is 2.26. The van der Waals surface area contributed by atoms with Gasteiger partial charge in [0.05, 0.1) is 12.2 Å². The molecule has 1 amide bonds. The molecule has 2 aromatic rings. The number of anilines is 1. The minimum atomic E-state index is -0.334. The molecule has 0 saturated carbocycles. The van der Waals surface area contributed by atoms with Gasteiger partial charge < -0.3 is 10.1 Å². The molecule has 0 aliphatic heterocycles. The van der Waals surface area contributed by atoms with E-state index in [0.717, 1.165) is 36.1 Å². The van der Waals surface area contributed by atoms with Crippen molar-refractivity contribution >= 4 is 45.6 Å². The van der Waals surface area contributed by atoms with Crippen LogP contribution in [0.15, 0.2) is 23.6 Å². The normalized spacial score (nSPS) is 14.1. The molecule has 0 saturated heterocycles. The smallest absolute Gasteiger partial charge is 0.341 e. The van der Waals surface area contributed by atoms with Gasteiger partial charge in [0, 0.05) is 15.8 Å². The van der Waals surface area contributed by atoms with E-state index >= 15 is 0 Å². The fourth-order valence-corrected chi connectivity index (χ4v) is 4.85. The molecule has 0 unspecified atom stereocenters. The Labute approximate surface area is 155 Å². The summed E-state index contributed by atoms with van der Waals surface area (Å²) in [6, 6.07) is 3.89. The highest BCUT2D eigenvalue weighted by molar-refractivity contribution is 7.17. The van der Waals surface area contributed by atoms with Crippen LogP contribution < -0.4 is 5.32 Å². The van der Waals surface area contributed by atoms with E-state index in [-0.39, 0.29) is 11.9 Å². The number of thiophene rings is 2. The fraction of sp³-hybridized carbons (Fsp3) is 0.368. The minimum Gasteiger partial charge on any atom is -0.462 e. The lowest BCUT2D eigenvalue weighted by Gasteiger charge is -2.07. The third-order valence-corrected chi connectivity index (χ3v) is 6.12. The van der Waals surface area contributed by atoms with E-state index in [1.807, 2.05) is 17.5 Å². The quantitative estimate of drug-likeness (QED) is 0.459. The summed E-state index contributed by atoms with van der Waals surface area (Å²) in [5.41, 5.74) is 1.63. The second kappa shape index (κ2) is 8.45. The van der Waals surface area contributed by atoms with E-state index in [1.54, 1.807) is 24.3 Å². The molecular weight excluding hydrogens is 354 g/mol. The Morgan fingerprint density at radius 1 is 1.28 bits per heavy atom. The summed E-state index contributed by atoms with van der Waals surface area (Å²) >= 11 is 3.09. The number of carbonyl (C=O) groups is 2. The fourth-order valence-electron chi connectivity index (χ4n) is 2.95. The first-order valence-corrected chi connectivity index (χ1v) is 10.2. The molecule has 1 aliphatic rings. The van der Waals surface area contributed by atoms with Crippen LogP contribution in [0.3, 0.4) is 0 Å². The van der Waals surface area contributed by atoms with E-state index in [1.165, 1.54) is 28.7 Å². The lowest BCUT2D eigenvalue weighted by Crippen LogP contribution is -2.13. The number of fused-ring (bicyclic) bond motifs is 1. The molecule has 25 heavy (non-hydrogen) atoms. The Morgan fingerprint density at radius 2 is 2.12 bits per heavy atom. The van der Waals surface area contributed by atoms with Crippen LogP contribution in [-0.4, -0.2) is 18.5 Å². The standard InChI is InChI=1S/C19H21NO3S2/c1-2-23-19(22)17-14-8-4-3-5-9-15(14)25-18(17)20-16(21)11-10-13-7-6-12-24-13/h6-7,10-12H,2-5,8-9H2,1H3,(H,20,21)/b11-10-. The van der Waals surface area contributed by atoms with Crippen molar-refractivity contribution in [2.75, 3.05) is 11.9 Å². The molecule has 0 atom stereocenters. The number of amides is 1. The van der Waals surface area contributed by atoms with Crippen molar-refractivity contribution < 1.29 is 14.3 Å². The number of hydrogen-bond donors (Lipinski definition) is 1. The predicted molar refractivity (Wildman–Crippen MR) is 104 cm³/mol. The monoisotopic (exact) mass is 375 g/mol. The molecule has 0 bridgehead atoms. The van der Waals surface area contributed by atoms with Crippen LogP contribution in [0.25, 0.3) is 6.08 Å². The Hall–Kier alpha value is -1.92. The Bertz CT molecular complexity index is 775. The Morgan fingerprint density at radius 3 is 2.88 bits per heavy atom. The van der Waals surface area contributed by atoms with Gasteiger partial charge in [-0.3, -0.25) is 4.79 Å². The summed E-state index contributed by atoms with van der Waals surface area (Å²) in [6.07, 6.45) is 8.50. The van der Waals surface area contributed by atoms with Crippen molar-refractivity contribution in [3.8, 4) is 0 Å². The lowest BCUT2D eigenvalue weighted by molar-refractivity contribution is -0.111. The first-order valence-electron chi connectivity index (χ1n) is 8.53. The zero-order valence-electron chi connectivity index (χ0n) is 14.2. The number of aryl methyl sites for hydroxylation is 1. The summed E-state index contributed by atoms with van der Waals surface area (Å²) in [5.74, 6) is -0.560. The summed E-state index contributed by atoms with van der Waals surface area (Å²) in [6.45, 7) is 2.13. The van der Waals surface area contributed by atoms with Gasteiger partial charge in [-0.05, 0) is 55.7 Å². The molecule has 0 radical (unpaired) electrons. The van der Waals surface area contributed by atoms with Gasteiger partial charge in [-0.25, -0.2) is 4.79 Å². The van der Waals surface area contributed by atoms with Gasteiger partial charge in [-0.15, -0.1) is 22.7 Å². The van der Waals surface area contributed by atoms with Crippen LogP contribution in [0.1, 0.15) is 51.9 Å². The second-order valence-corrected chi connectivity index (χ2v) is 7.91. The number of esters is 1. The second-order valence-electron chi connectivity index (χ2n) is 5.83. The largest absolute Gasteiger partial charge is 0.462 e. The van der Waals surface area contributed by atoms with Gasteiger partial charge >= 0.3 is 5.97 Å².